The minimum Gasteiger partial charge on any atom is -0.309 e. The summed E-state index contributed by atoms with van der Waals surface area (Å²) in [6.07, 6.45) is 1.46. The molecule has 0 fully saturated rings. The van der Waals surface area contributed by atoms with Crippen molar-refractivity contribution in [2.24, 2.45) is 0 Å². The number of hydrogen-bond donors (Lipinski definition) is 1. The van der Waals surface area contributed by atoms with Crippen LogP contribution in [0.15, 0.2) is 48.7 Å². The van der Waals surface area contributed by atoms with Gasteiger partial charge in [-0.15, -0.1) is 0 Å². The highest BCUT2D eigenvalue weighted by Crippen LogP contribution is 2.30. The van der Waals surface area contributed by atoms with Crippen LogP contribution in [0.1, 0.15) is 26.3 Å². The molecular formula is C20H13Cl2N5O5. The normalized spacial score (nSPS) is 12.8. The van der Waals surface area contributed by atoms with Crippen molar-refractivity contribution in [1.29, 1.82) is 0 Å². The molecular weight excluding hydrogens is 461 g/mol. The lowest BCUT2D eigenvalue weighted by atomic mass is 10.1. The lowest BCUT2D eigenvalue weighted by molar-refractivity contribution is -0.385. The van der Waals surface area contributed by atoms with Crippen molar-refractivity contribution in [3.63, 3.8) is 0 Å². The van der Waals surface area contributed by atoms with Gasteiger partial charge in [0.1, 0.15) is 17.9 Å². The SMILES string of the molecule is O=C(CN1C(=O)c2cccc([N+](=O)[O-])c2C1=O)Nc1ccnn1Cc1ccc(Cl)cc1Cl. The fourth-order valence-electron chi connectivity index (χ4n) is 3.31. The molecule has 0 unspecified atom stereocenters. The highest BCUT2D eigenvalue weighted by atomic mass is 35.5. The summed E-state index contributed by atoms with van der Waals surface area (Å²) in [7, 11) is 0. The van der Waals surface area contributed by atoms with Gasteiger partial charge in [0, 0.05) is 22.2 Å². The second kappa shape index (κ2) is 8.40. The molecule has 12 heteroatoms. The summed E-state index contributed by atoms with van der Waals surface area (Å²) in [5, 5.41) is 18.8. The molecule has 0 saturated carbocycles. The number of benzene rings is 2. The number of carbonyl (C=O) groups is 3. The van der Waals surface area contributed by atoms with Gasteiger partial charge in [0.25, 0.3) is 17.5 Å². The average Bonchev–Trinajstić information content (AvgIpc) is 3.27. The van der Waals surface area contributed by atoms with Gasteiger partial charge < -0.3 is 5.32 Å². The summed E-state index contributed by atoms with van der Waals surface area (Å²) < 4.78 is 1.47. The lowest BCUT2D eigenvalue weighted by Gasteiger charge is -2.14. The first-order chi connectivity index (χ1) is 15.3. The molecule has 1 aromatic heterocycles. The number of carbonyl (C=O) groups excluding carboxylic acids is 3. The maximum Gasteiger partial charge on any atom is 0.282 e. The number of nitrogens with one attached hydrogen (secondary N) is 1. The summed E-state index contributed by atoms with van der Waals surface area (Å²) in [6, 6.07) is 10.3. The van der Waals surface area contributed by atoms with Gasteiger partial charge in [0.2, 0.25) is 5.91 Å². The molecule has 1 N–H and O–H groups in total. The monoisotopic (exact) mass is 473 g/mol. The Balaban J connectivity index is 1.49. The van der Waals surface area contributed by atoms with Crippen molar-refractivity contribution >= 4 is 52.4 Å². The Bertz CT molecular complexity index is 1290. The van der Waals surface area contributed by atoms with E-state index in [1.165, 1.54) is 29.1 Å². The summed E-state index contributed by atoms with van der Waals surface area (Å²) in [4.78, 5) is 48.9. The molecule has 4 rings (SSSR count). The zero-order valence-electron chi connectivity index (χ0n) is 16.1. The third kappa shape index (κ3) is 3.93. The largest absolute Gasteiger partial charge is 0.309 e. The van der Waals surface area contributed by atoms with Crippen molar-refractivity contribution in [1.82, 2.24) is 14.7 Å². The summed E-state index contributed by atoms with van der Waals surface area (Å²) >= 11 is 12.1. The first-order valence-electron chi connectivity index (χ1n) is 9.15. The van der Waals surface area contributed by atoms with Gasteiger partial charge in [-0.25, -0.2) is 4.68 Å². The van der Waals surface area contributed by atoms with Crippen molar-refractivity contribution in [3.05, 3.63) is 85.5 Å². The standard InChI is InChI=1S/C20H13Cl2N5O5/c21-12-5-4-11(14(22)8-12)9-26-16(6-7-23-26)24-17(28)10-25-19(29)13-2-1-3-15(27(31)32)18(13)20(25)30/h1-8H,9-10H2,(H,24,28). The van der Waals surface area contributed by atoms with Crippen LogP contribution in [0.2, 0.25) is 10.0 Å². The molecule has 0 bridgehead atoms. The number of nitro benzene ring substituents is 1. The Kier molecular flexibility index (Phi) is 5.64. The Hall–Kier alpha value is -3.76. The van der Waals surface area contributed by atoms with E-state index < -0.39 is 34.9 Å². The summed E-state index contributed by atoms with van der Waals surface area (Å²) in [5.41, 5.74) is -0.207. The molecule has 162 valence electrons. The number of rotatable bonds is 6. The summed E-state index contributed by atoms with van der Waals surface area (Å²) in [5.74, 6) is -2.03. The molecule has 1 aliphatic rings. The van der Waals surface area contributed by atoms with E-state index in [2.05, 4.69) is 10.4 Å². The van der Waals surface area contributed by atoms with Gasteiger partial charge in [0.05, 0.1) is 23.2 Å². The number of nitro groups is 1. The molecule has 0 saturated heterocycles. The van der Waals surface area contributed by atoms with Crippen molar-refractivity contribution < 1.29 is 19.3 Å². The maximum absolute atomic E-state index is 12.6. The molecule has 1 aliphatic heterocycles. The molecule has 2 aromatic carbocycles. The average molecular weight is 474 g/mol. The molecule has 32 heavy (non-hydrogen) atoms. The number of amides is 3. The molecule has 2 heterocycles. The van der Waals surface area contributed by atoms with E-state index in [1.807, 2.05) is 0 Å². The van der Waals surface area contributed by atoms with Crippen LogP contribution in [0.25, 0.3) is 0 Å². The number of imide groups is 1. The maximum atomic E-state index is 12.6. The molecule has 0 aliphatic carbocycles. The van der Waals surface area contributed by atoms with Crippen LogP contribution in [0.3, 0.4) is 0 Å². The minimum absolute atomic E-state index is 0.112. The smallest absolute Gasteiger partial charge is 0.282 e. The van der Waals surface area contributed by atoms with Crippen LogP contribution in [-0.2, 0) is 11.3 Å². The Morgan fingerprint density at radius 1 is 1.12 bits per heavy atom. The van der Waals surface area contributed by atoms with E-state index in [-0.39, 0.29) is 17.7 Å². The number of fused-ring (bicyclic) bond motifs is 1. The van der Waals surface area contributed by atoms with E-state index in [0.717, 1.165) is 6.07 Å². The number of nitrogens with zero attached hydrogens (tertiary/aromatic N) is 4. The zero-order chi connectivity index (χ0) is 23.0. The van der Waals surface area contributed by atoms with Crippen molar-refractivity contribution in [3.8, 4) is 0 Å². The van der Waals surface area contributed by atoms with Gasteiger partial charge in [-0.1, -0.05) is 35.3 Å². The van der Waals surface area contributed by atoms with E-state index in [4.69, 9.17) is 23.2 Å². The third-order valence-electron chi connectivity index (χ3n) is 4.79. The van der Waals surface area contributed by atoms with E-state index >= 15 is 0 Å². The molecule has 0 atom stereocenters. The predicted molar refractivity (Wildman–Crippen MR) is 115 cm³/mol. The fraction of sp³-hybridized carbons (Fsp3) is 0.100. The minimum atomic E-state index is -0.895. The predicted octanol–water partition coefficient (Wildman–Crippen LogP) is 3.38. The first-order valence-corrected chi connectivity index (χ1v) is 9.91. The molecule has 3 amide bonds. The highest BCUT2D eigenvalue weighted by Gasteiger charge is 2.41. The lowest BCUT2D eigenvalue weighted by Crippen LogP contribution is -2.37. The number of aromatic nitrogens is 2. The fourth-order valence-corrected chi connectivity index (χ4v) is 3.78. The van der Waals surface area contributed by atoms with Gasteiger partial charge in [0.15, 0.2) is 0 Å². The third-order valence-corrected chi connectivity index (χ3v) is 5.38. The zero-order valence-corrected chi connectivity index (χ0v) is 17.6. The number of hydrogen-bond acceptors (Lipinski definition) is 6. The second-order valence-electron chi connectivity index (χ2n) is 6.81. The molecule has 0 radical (unpaired) electrons. The quantitative estimate of drug-likeness (QED) is 0.332. The van der Waals surface area contributed by atoms with Gasteiger partial charge in [-0.2, -0.15) is 5.10 Å². The highest BCUT2D eigenvalue weighted by molar-refractivity contribution is 6.35. The van der Waals surface area contributed by atoms with Crippen LogP contribution >= 0.6 is 23.2 Å². The Morgan fingerprint density at radius 2 is 1.91 bits per heavy atom. The van der Waals surface area contributed by atoms with Gasteiger partial charge in [-0.05, 0) is 23.8 Å². The van der Waals surface area contributed by atoms with Crippen LogP contribution in [0, 0.1) is 10.1 Å². The molecule has 3 aromatic rings. The van der Waals surface area contributed by atoms with E-state index in [1.54, 1.807) is 18.2 Å². The van der Waals surface area contributed by atoms with E-state index in [9.17, 15) is 24.5 Å². The second-order valence-corrected chi connectivity index (χ2v) is 7.65. The molecule has 10 nitrogen and oxygen atoms in total. The van der Waals surface area contributed by atoms with Crippen LogP contribution < -0.4 is 5.32 Å². The van der Waals surface area contributed by atoms with Crippen LogP contribution in [-0.4, -0.2) is 43.9 Å². The Morgan fingerprint density at radius 3 is 2.62 bits per heavy atom. The molecule has 0 spiro atoms. The van der Waals surface area contributed by atoms with Crippen molar-refractivity contribution in [2.45, 2.75) is 6.54 Å². The van der Waals surface area contributed by atoms with E-state index in [0.29, 0.717) is 26.3 Å². The first kappa shape index (κ1) is 21.5. The topological polar surface area (TPSA) is 127 Å². The Labute approximate surface area is 190 Å². The van der Waals surface area contributed by atoms with Gasteiger partial charge >= 0.3 is 0 Å². The van der Waals surface area contributed by atoms with Crippen LogP contribution in [0.5, 0.6) is 0 Å². The van der Waals surface area contributed by atoms with Crippen LogP contribution in [0.4, 0.5) is 11.5 Å². The van der Waals surface area contributed by atoms with Gasteiger partial charge in [-0.3, -0.25) is 29.4 Å². The van der Waals surface area contributed by atoms with Crippen molar-refractivity contribution in [2.75, 3.05) is 11.9 Å². The number of anilines is 1. The summed E-state index contributed by atoms with van der Waals surface area (Å²) in [6.45, 7) is -0.381. The number of halogens is 2.